The highest BCUT2D eigenvalue weighted by Crippen LogP contribution is 2.56. The first-order chi connectivity index (χ1) is 19.2. The van der Waals surface area contributed by atoms with Crippen LogP contribution in [0.1, 0.15) is 66.9 Å². The van der Waals surface area contributed by atoms with E-state index in [0.29, 0.717) is 52.5 Å². The number of fused-ring (bicyclic) bond motifs is 3. The van der Waals surface area contributed by atoms with Gasteiger partial charge in [0.05, 0.1) is 36.9 Å². The molecule has 224 valence electrons. The number of ether oxygens (including phenoxy) is 3. The lowest BCUT2D eigenvalue weighted by atomic mass is 9.98. The summed E-state index contributed by atoms with van der Waals surface area (Å²) >= 11 is 0. The Morgan fingerprint density at radius 3 is 2.27 bits per heavy atom. The fraction of sp³-hybridized carbons (Fsp3) is 0.516. The highest BCUT2D eigenvalue weighted by Gasteiger charge is 2.37. The van der Waals surface area contributed by atoms with Gasteiger partial charge in [0.15, 0.2) is 0 Å². The van der Waals surface area contributed by atoms with Crippen molar-refractivity contribution in [3.8, 4) is 28.4 Å². The third kappa shape index (κ3) is 7.52. The maximum atomic E-state index is 14.2. The van der Waals surface area contributed by atoms with Gasteiger partial charge in [-0.15, -0.1) is 0 Å². The molecule has 9 nitrogen and oxygen atoms in total. The number of aromatic nitrogens is 1. The molecule has 0 aliphatic carbocycles. The largest absolute Gasteiger partial charge is 0.497 e. The van der Waals surface area contributed by atoms with Crippen molar-refractivity contribution in [2.45, 2.75) is 85.7 Å². The molecule has 0 spiro atoms. The molecule has 0 saturated carbocycles. The maximum absolute atomic E-state index is 14.2. The normalized spacial score (nSPS) is 14.0. The van der Waals surface area contributed by atoms with Gasteiger partial charge in [-0.25, -0.2) is 4.57 Å². The average Bonchev–Trinajstić information content (AvgIpc) is 2.89. The second kappa shape index (κ2) is 12.2. The minimum absolute atomic E-state index is 0.193. The van der Waals surface area contributed by atoms with Gasteiger partial charge in [-0.2, -0.15) is 0 Å². The summed E-state index contributed by atoms with van der Waals surface area (Å²) in [5.74, 6) is 1.76. The molecular weight excluding hydrogens is 545 g/mol. The van der Waals surface area contributed by atoms with E-state index in [1.807, 2.05) is 25.1 Å². The molecule has 0 bridgehead atoms. The van der Waals surface area contributed by atoms with E-state index in [1.165, 1.54) is 0 Å². The Morgan fingerprint density at radius 1 is 1.02 bits per heavy atom. The molecule has 2 aromatic carbocycles. The molecule has 10 heteroatoms. The third-order valence-electron chi connectivity index (χ3n) is 6.16. The standard InChI is InChI=1S/C31H42NO8P/c1-9-16-36-25-18-22-11-10-17-37-29(22)26-27(25)32(19-24(28(26)33)21-12-14-23(35-8)15-13-21)20-38-41(34,39-30(2,3)4)40-31(5,6)7/h12-15,18-19H,9-11,16-17,20H2,1-8H3. The summed E-state index contributed by atoms with van der Waals surface area (Å²) in [5, 5.41) is 0.397. The van der Waals surface area contributed by atoms with Crippen molar-refractivity contribution >= 4 is 18.7 Å². The van der Waals surface area contributed by atoms with Crippen molar-refractivity contribution < 1.29 is 32.3 Å². The minimum Gasteiger partial charge on any atom is -0.497 e. The number of phosphoric ester groups is 1. The molecule has 3 aromatic rings. The van der Waals surface area contributed by atoms with Crippen molar-refractivity contribution in [3.05, 3.63) is 52.3 Å². The first kappa shape index (κ1) is 31.1. The molecule has 1 aromatic heterocycles. The van der Waals surface area contributed by atoms with Crippen LogP contribution in [0, 0.1) is 0 Å². The summed E-state index contributed by atoms with van der Waals surface area (Å²) in [6.45, 7) is 13.5. The predicted octanol–water partition coefficient (Wildman–Crippen LogP) is 7.50. The van der Waals surface area contributed by atoms with E-state index in [9.17, 15) is 9.36 Å². The Morgan fingerprint density at radius 2 is 1.68 bits per heavy atom. The van der Waals surface area contributed by atoms with Gasteiger partial charge in [-0.3, -0.25) is 18.4 Å². The van der Waals surface area contributed by atoms with Crippen LogP contribution in [-0.4, -0.2) is 36.1 Å². The Kier molecular flexibility index (Phi) is 9.24. The highest BCUT2D eigenvalue weighted by atomic mass is 31.2. The Balaban J connectivity index is 1.95. The second-order valence-electron chi connectivity index (χ2n) is 12.1. The monoisotopic (exact) mass is 587 g/mol. The fourth-order valence-electron chi connectivity index (χ4n) is 4.66. The Hall–Kier alpha value is -2.84. The van der Waals surface area contributed by atoms with Gasteiger partial charge in [0.25, 0.3) is 0 Å². The lowest BCUT2D eigenvalue weighted by molar-refractivity contribution is -0.00573. The van der Waals surface area contributed by atoms with Crippen LogP contribution < -0.4 is 19.6 Å². The summed E-state index contributed by atoms with van der Waals surface area (Å²) in [6, 6.07) is 9.19. The maximum Gasteiger partial charge on any atom is 0.477 e. The number of phosphoric acid groups is 1. The first-order valence-corrected chi connectivity index (χ1v) is 15.5. The summed E-state index contributed by atoms with van der Waals surface area (Å²) in [4.78, 5) is 14.2. The summed E-state index contributed by atoms with van der Waals surface area (Å²) < 4.78 is 51.0. The molecule has 1 aliphatic rings. The van der Waals surface area contributed by atoms with Gasteiger partial charge in [0, 0.05) is 11.8 Å². The van der Waals surface area contributed by atoms with Gasteiger partial charge in [-0.05, 0) is 90.1 Å². The molecule has 0 amide bonds. The van der Waals surface area contributed by atoms with Crippen molar-refractivity contribution in [3.63, 3.8) is 0 Å². The van der Waals surface area contributed by atoms with Crippen LogP contribution in [-0.2, 0) is 31.3 Å². The molecule has 1 aliphatic heterocycles. The van der Waals surface area contributed by atoms with E-state index >= 15 is 0 Å². The number of benzene rings is 2. The number of rotatable bonds is 10. The SMILES string of the molecule is CCCOc1cc2c(c3c(=O)c(-c4ccc(OC)cc4)cn(COP(=O)(OC(C)(C)C)OC(C)(C)C)c13)OCCC2. The van der Waals surface area contributed by atoms with Crippen LogP contribution in [0.4, 0.5) is 0 Å². The van der Waals surface area contributed by atoms with Crippen LogP contribution >= 0.6 is 7.82 Å². The zero-order valence-electron chi connectivity index (χ0n) is 25.4. The van der Waals surface area contributed by atoms with Gasteiger partial charge in [-0.1, -0.05) is 19.1 Å². The van der Waals surface area contributed by atoms with E-state index in [1.54, 1.807) is 71.5 Å². The van der Waals surface area contributed by atoms with E-state index in [4.69, 9.17) is 27.8 Å². The number of pyridine rings is 1. The fourth-order valence-corrected chi connectivity index (χ4v) is 6.41. The van der Waals surface area contributed by atoms with Gasteiger partial charge in [0.2, 0.25) is 5.43 Å². The molecule has 0 radical (unpaired) electrons. The topological polar surface area (TPSA) is 94.5 Å². The lowest BCUT2D eigenvalue weighted by Gasteiger charge is -2.31. The summed E-state index contributed by atoms with van der Waals surface area (Å²) in [6.07, 6.45) is 4.09. The van der Waals surface area contributed by atoms with Crippen molar-refractivity contribution in [1.29, 1.82) is 0 Å². The quantitative estimate of drug-likeness (QED) is 0.225. The van der Waals surface area contributed by atoms with Crippen molar-refractivity contribution in [2.24, 2.45) is 0 Å². The molecule has 4 rings (SSSR count). The predicted molar refractivity (Wildman–Crippen MR) is 160 cm³/mol. The van der Waals surface area contributed by atoms with Crippen LogP contribution in [0.5, 0.6) is 17.2 Å². The molecule has 41 heavy (non-hydrogen) atoms. The smallest absolute Gasteiger partial charge is 0.477 e. The van der Waals surface area contributed by atoms with Gasteiger partial charge < -0.3 is 18.8 Å². The molecule has 0 saturated heterocycles. The van der Waals surface area contributed by atoms with E-state index in [0.717, 1.165) is 24.8 Å². The third-order valence-corrected chi connectivity index (χ3v) is 8.14. The number of hydrogen-bond donors (Lipinski definition) is 0. The average molecular weight is 588 g/mol. The number of methoxy groups -OCH3 is 1. The summed E-state index contributed by atoms with van der Waals surface area (Å²) in [5.41, 5.74) is 0.739. The molecule has 0 fully saturated rings. The Bertz CT molecular complexity index is 1460. The van der Waals surface area contributed by atoms with E-state index in [2.05, 4.69) is 0 Å². The van der Waals surface area contributed by atoms with Crippen LogP contribution in [0.2, 0.25) is 0 Å². The molecule has 0 N–H and O–H groups in total. The molecule has 0 unspecified atom stereocenters. The lowest BCUT2D eigenvalue weighted by Crippen LogP contribution is -2.25. The minimum atomic E-state index is -4.06. The van der Waals surface area contributed by atoms with Crippen LogP contribution in [0.15, 0.2) is 41.3 Å². The molecule has 2 heterocycles. The number of nitrogens with zero attached hydrogens (tertiary/aromatic N) is 1. The van der Waals surface area contributed by atoms with Crippen LogP contribution in [0.25, 0.3) is 22.0 Å². The summed E-state index contributed by atoms with van der Waals surface area (Å²) in [7, 11) is -2.47. The second-order valence-corrected chi connectivity index (χ2v) is 13.6. The number of hydrogen-bond acceptors (Lipinski definition) is 8. The zero-order chi connectivity index (χ0) is 30.0. The number of aryl methyl sites for hydroxylation is 1. The van der Waals surface area contributed by atoms with Crippen molar-refractivity contribution in [1.82, 2.24) is 4.57 Å². The van der Waals surface area contributed by atoms with E-state index in [-0.39, 0.29) is 12.2 Å². The van der Waals surface area contributed by atoms with Gasteiger partial charge >= 0.3 is 7.82 Å². The highest BCUT2D eigenvalue weighted by molar-refractivity contribution is 7.48. The zero-order valence-corrected chi connectivity index (χ0v) is 26.3. The first-order valence-electron chi connectivity index (χ1n) is 14.0. The Labute approximate surface area is 242 Å². The van der Waals surface area contributed by atoms with E-state index < -0.39 is 19.0 Å². The van der Waals surface area contributed by atoms with Crippen molar-refractivity contribution in [2.75, 3.05) is 20.3 Å². The van der Waals surface area contributed by atoms with Crippen LogP contribution in [0.3, 0.4) is 0 Å². The molecular formula is C31H42NO8P. The van der Waals surface area contributed by atoms with Gasteiger partial charge in [0.1, 0.15) is 29.5 Å². The molecule has 0 atom stereocenters.